The lowest BCUT2D eigenvalue weighted by molar-refractivity contribution is -0.136. The number of aliphatic hydroxyl groups is 1. The maximum absolute atomic E-state index is 14.4. The summed E-state index contributed by atoms with van der Waals surface area (Å²) in [7, 11) is 0. The molecular formula is C25H17F2NO5. The van der Waals surface area contributed by atoms with Crippen molar-refractivity contribution in [1.82, 2.24) is 0 Å². The summed E-state index contributed by atoms with van der Waals surface area (Å²) in [6, 6.07) is 15.1. The minimum absolute atomic E-state index is 0.228. The second kappa shape index (κ2) is 8.66. The van der Waals surface area contributed by atoms with Crippen LogP contribution in [-0.4, -0.2) is 27.9 Å². The molecule has 1 heterocycles. The number of halogens is 2. The third-order valence-electron chi connectivity index (χ3n) is 5.33. The van der Waals surface area contributed by atoms with Gasteiger partial charge in [0.1, 0.15) is 17.4 Å². The predicted octanol–water partition coefficient (Wildman–Crippen LogP) is 4.22. The summed E-state index contributed by atoms with van der Waals surface area (Å²) in [6.07, 6.45) is -0.228. The first-order valence-corrected chi connectivity index (χ1v) is 9.90. The van der Waals surface area contributed by atoms with Gasteiger partial charge in [-0.1, -0.05) is 36.4 Å². The van der Waals surface area contributed by atoms with Crippen molar-refractivity contribution in [3.63, 3.8) is 0 Å². The molecule has 4 rings (SSSR count). The first-order chi connectivity index (χ1) is 15.8. The molecule has 0 bridgehead atoms. The summed E-state index contributed by atoms with van der Waals surface area (Å²) >= 11 is 0. The first-order valence-electron chi connectivity index (χ1n) is 9.90. The topological polar surface area (TPSA) is 94.9 Å². The molecule has 6 nitrogen and oxygen atoms in total. The minimum Gasteiger partial charge on any atom is -0.507 e. The highest BCUT2D eigenvalue weighted by molar-refractivity contribution is 6.51. The number of anilines is 1. The largest absolute Gasteiger partial charge is 0.507 e. The van der Waals surface area contributed by atoms with Gasteiger partial charge >= 0.3 is 5.97 Å². The normalized spacial score (nSPS) is 17.4. The Morgan fingerprint density at radius 3 is 2.12 bits per heavy atom. The maximum Gasteiger partial charge on any atom is 0.307 e. The van der Waals surface area contributed by atoms with Crippen LogP contribution in [0.3, 0.4) is 0 Å². The number of benzene rings is 3. The van der Waals surface area contributed by atoms with Crippen molar-refractivity contribution in [2.24, 2.45) is 0 Å². The Kier molecular flexibility index (Phi) is 5.74. The van der Waals surface area contributed by atoms with Crippen molar-refractivity contribution >= 4 is 29.1 Å². The number of carboxylic acids is 1. The lowest BCUT2D eigenvalue weighted by Crippen LogP contribution is -2.29. The van der Waals surface area contributed by atoms with Crippen molar-refractivity contribution in [3.8, 4) is 0 Å². The SMILES string of the molecule is O=C(O)Cc1ccc(N2C(=O)C(=O)/C(=C(/O)c3ccccc3F)C2c2ccc(F)cc2)cc1. The van der Waals surface area contributed by atoms with Crippen LogP contribution in [0.4, 0.5) is 14.5 Å². The number of hydrogen-bond acceptors (Lipinski definition) is 4. The van der Waals surface area contributed by atoms with Crippen LogP contribution in [0.5, 0.6) is 0 Å². The van der Waals surface area contributed by atoms with Crippen LogP contribution in [0.25, 0.3) is 5.76 Å². The molecule has 8 heteroatoms. The van der Waals surface area contributed by atoms with Gasteiger partial charge in [0, 0.05) is 5.69 Å². The summed E-state index contributed by atoms with van der Waals surface area (Å²) in [4.78, 5) is 38.1. The Bertz CT molecular complexity index is 1280. The van der Waals surface area contributed by atoms with Gasteiger partial charge in [-0.2, -0.15) is 0 Å². The molecule has 3 aromatic carbocycles. The molecule has 1 aliphatic rings. The predicted molar refractivity (Wildman–Crippen MR) is 115 cm³/mol. The van der Waals surface area contributed by atoms with Crippen molar-refractivity contribution < 1.29 is 33.4 Å². The third-order valence-corrected chi connectivity index (χ3v) is 5.33. The van der Waals surface area contributed by atoms with Crippen LogP contribution in [0.2, 0.25) is 0 Å². The van der Waals surface area contributed by atoms with E-state index in [1.807, 2.05) is 0 Å². The van der Waals surface area contributed by atoms with E-state index in [-0.39, 0.29) is 23.2 Å². The van der Waals surface area contributed by atoms with Crippen LogP contribution < -0.4 is 4.90 Å². The Morgan fingerprint density at radius 1 is 0.879 bits per heavy atom. The molecule has 0 aliphatic carbocycles. The number of nitrogens with zero attached hydrogens (tertiary/aromatic N) is 1. The van der Waals surface area contributed by atoms with Gasteiger partial charge < -0.3 is 10.2 Å². The van der Waals surface area contributed by atoms with Gasteiger partial charge in [0.15, 0.2) is 0 Å². The van der Waals surface area contributed by atoms with E-state index in [0.717, 1.165) is 23.1 Å². The van der Waals surface area contributed by atoms with Crippen LogP contribution >= 0.6 is 0 Å². The molecule has 1 fully saturated rings. The monoisotopic (exact) mass is 449 g/mol. The van der Waals surface area contributed by atoms with Gasteiger partial charge in [0.05, 0.1) is 23.6 Å². The Morgan fingerprint density at radius 2 is 1.52 bits per heavy atom. The first kappa shape index (κ1) is 21.9. The molecule has 1 saturated heterocycles. The van der Waals surface area contributed by atoms with Gasteiger partial charge in [-0.25, -0.2) is 8.78 Å². The van der Waals surface area contributed by atoms with Crippen molar-refractivity contribution in [3.05, 3.63) is 107 Å². The molecule has 1 aliphatic heterocycles. The van der Waals surface area contributed by atoms with E-state index >= 15 is 0 Å². The fourth-order valence-electron chi connectivity index (χ4n) is 3.81. The third kappa shape index (κ3) is 4.10. The van der Waals surface area contributed by atoms with Gasteiger partial charge in [-0.15, -0.1) is 0 Å². The van der Waals surface area contributed by atoms with Crippen LogP contribution in [0.15, 0.2) is 78.4 Å². The molecule has 0 aromatic heterocycles. The average molecular weight is 449 g/mol. The van der Waals surface area contributed by atoms with E-state index < -0.39 is 41.1 Å². The number of Topliss-reactive ketones (excluding diaryl/α,β-unsaturated/α-hetero) is 1. The Hall–Kier alpha value is -4.33. The Labute approximate surface area is 187 Å². The summed E-state index contributed by atoms with van der Waals surface area (Å²) in [5.74, 6) is -5.03. The number of carbonyl (C=O) groups is 3. The zero-order valence-electron chi connectivity index (χ0n) is 17.0. The second-order valence-corrected chi connectivity index (χ2v) is 7.44. The molecule has 3 aromatic rings. The standard InChI is InChI=1S/C25H17F2NO5/c26-16-9-7-15(8-10-16)22-21(23(31)18-3-1-2-4-19(18)27)24(32)25(33)28(22)17-11-5-14(6-12-17)13-20(29)30/h1-12,22,31H,13H2,(H,29,30)/b23-21+. The number of carbonyl (C=O) groups excluding carboxylic acids is 2. The van der Waals surface area contributed by atoms with Gasteiger partial charge in [0.25, 0.3) is 11.7 Å². The number of ketones is 1. The van der Waals surface area contributed by atoms with E-state index in [0.29, 0.717) is 11.1 Å². The number of amides is 1. The molecule has 0 spiro atoms. The Balaban J connectivity index is 1.89. The van der Waals surface area contributed by atoms with Gasteiger partial charge in [-0.05, 0) is 47.5 Å². The van der Waals surface area contributed by atoms with E-state index in [4.69, 9.17) is 5.11 Å². The quantitative estimate of drug-likeness (QED) is 0.346. The molecule has 1 amide bonds. The van der Waals surface area contributed by atoms with E-state index in [1.54, 1.807) is 0 Å². The highest BCUT2D eigenvalue weighted by atomic mass is 19.1. The molecule has 2 N–H and O–H groups in total. The van der Waals surface area contributed by atoms with Crippen LogP contribution in [-0.2, 0) is 20.8 Å². The fourth-order valence-corrected chi connectivity index (χ4v) is 3.81. The van der Waals surface area contributed by atoms with Crippen molar-refractivity contribution in [2.45, 2.75) is 12.5 Å². The summed E-state index contributed by atoms with van der Waals surface area (Å²) in [5.41, 5.74) is 0.467. The highest BCUT2D eigenvalue weighted by Crippen LogP contribution is 2.42. The molecular weight excluding hydrogens is 432 g/mol. The molecule has 0 saturated carbocycles. The zero-order chi connectivity index (χ0) is 23.7. The molecule has 33 heavy (non-hydrogen) atoms. The smallest absolute Gasteiger partial charge is 0.307 e. The second-order valence-electron chi connectivity index (χ2n) is 7.44. The molecule has 166 valence electrons. The highest BCUT2D eigenvalue weighted by Gasteiger charge is 2.47. The number of hydrogen-bond donors (Lipinski definition) is 2. The summed E-state index contributed by atoms with van der Waals surface area (Å²) in [6.45, 7) is 0. The minimum atomic E-state index is -1.16. The number of rotatable bonds is 5. The van der Waals surface area contributed by atoms with E-state index in [9.17, 15) is 28.3 Å². The van der Waals surface area contributed by atoms with Crippen LogP contribution in [0, 0.1) is 11.6 Å². The van der Waals surface area contributed by atoms with Gasteiger partial charge in [-0.3, -0.25) is 19.3 Å². The molecule has 1 unspecified atom stereocenters. The lowest BCUT2D eigenvalue weighted by Gasteiger charge is -2.25. The number of carboxylic acid groups (broad SMARTS) is 1. The zero-order valence-corrected chi connectivity index (χ0v) is 17.0. The average Bonchev–Trinajstić information content (AvgIpc) is 3.05. The van der Waals surface area contributed by atoms with Gasteiger partial charge in [0.2, 0.25) is 0 Å². The van der Waals surface area contributed by atoms with E-state index in [1.165, 1.54) is 54.6 Å². The maximum atomic E-state index is 14.4. The number of aliphatic hydroxyl groups excluding tert-OH is 1. The summed E-state index contributed by atoms with van der Waals surface area (Å²) < 4.78 is 27.9. The van der Waals surface area contributed by atoms with E-state index in [2.05, 4.69) is 0 Å². The molecule has 0 radical (unpaired) electrons. The summed E-state index contributed by atoms with van der Waals surface area (Å²) in [5, 5.41) is 19.8. The lowest BCUT2D eigenvalue weighted by atomic mass is 9.95. The number of aliphatic carboxylic acids is 1. The van der Waals surface area contributed by atoms with Crippen molar-refractivity contribution in [1.29, 1.82) is 0 Å². The van der Waals surface area contributed by atoms with Crippen LogP contribution in [0.1, 0.15) is 22.7 Å². The fraction of sp³-hybridized carbons (Fsp3) is 0.0800. The molecule has 1 atom stereocenters. The van der Waals surface area contributed by atoms with Crippen molar-refractivity contribution in [2.75, 3.05) is 4.90 Å².